The monoisotopic (exact) mass is 873 g/mol. The third kappa shape index (κ3) is 51.0. The molecule has 0 aromatic heterocycles. The molecule has 0 aliphatic rings. The summed E-state index contributed by atoms with van der Waals surface area (Å²) < 4.78 is 17.4. The van der Waals surface area contributed by atoms with E-state index in [9.17, 15) is 9.59 Å². The van der Waals surface area contributed by atoms with Gasteiger partial charge < -0.3 is 14.2 Å². The molecule has 0 radical (unpaired) electrons. The number of unbranched alkanes of at least 4 members (excludes halogenated alkanes) is 37. The fourth-order valence-corrected chi connectivity index (χ4v) is 8.27. The van der Waals surface area contributed by atoms with Crippen LogP contribution in [-0.4, -0.2) is 37.9 Å². The number of carbonyl (C=O) groups excluding carboxylic acids is 2. The van der Waals surface area contributed by atoms with Gasteiger partial charge in [0.05, 0.1) is 6.61 Å². The van der Waals surface area contributed by atoms with E-state index >= 15 is 0 Å². The topological polar surface area (TPSA) is 61.8 Å². The van der Waals surface area contributed by atoms with Gasteiger partial charge in [0.2, 0.25) is 0 Å². The number of carbonyl (C=O) groups is 2. The van der Waals surface area contributed by atoms with Crippen LogP contribution < -0.4 is 0 Å². The van der Waals surface area contributed by atoms with Crippen molar-refractivity contribution in [2.75, 3.05) is 19.8 Å². The molecule has 1 unspecified atom stereocenters. The summed E-state index contributed by atoms with van der Waals surface area (Å²) in [5.74, 6) is -0.386. The summed E-state index contributed by atoms with van der Waals surface area (Å²) in [6.45, 7) is 7.87. The van der Waals surface area contributed by atoms with Crippen molar-refractivity contribution in [2.24, 2.45) is 0 Å². The molecule has 0 aliphatic carbocycles. The Bertz CT molecular complexity index is 943. The lowest BCUT2D eigenvalue weighted by molar-refractivity contribution is -0.163. The Morgan fingerprint density at radius 1 is 0.339 bits per heavy atom. The fraction of sp³-hybridized carbons (Fsp3) is 0.895. The molecule has 1 atom stereocenters. The van der Waals surface area contributed by atoms with E-state index in [1.54, 1.807) is 0 Å². The van der Waals surface area contributed by atoms with Gasteiger partial charge in [0, 0.05) is 19.4 Å². The normalized spacial score (nSPS) is 12.2. The minimum absolute atomic E-state index is 0.0890. The smallest absolute Gasteiger partial charge is 0.306 e. The summed E-state index contributed by atoms with van der Waals surface area (Å²) in [6.07, 6.45) is 63.3. The van der Waals surface area contributed by atoms with Gasteiger partial charge in [0.15, 0.2) is 6.10 Å². The second-order valence-electron chi connectivity index (χ2n) is 18.8. The maximum absolute atomic E-state index is 12.8. The molecule has 62 heavy (non-hydrogen) atoms. The molecule has 0 amide bonds. The highest BCUT2D eigenvalue weighted by Gasteiger charge is 2.17. The molecule has 5 nitrogen and oxygen atoms in total. The van der Waals surface area contributed by atoms with Crippen molar-refractivity contribution in [1.82, 2.24) is 0 Å². The highest BCUT2D eigenvalue weighted by atomic mass is 16.6. The summed E-state index contributed by atoms with van der Waals surface area (Å²) >= 11 is 0. The van der Waals surface area contributed by atoms with Gasteiger partial charge in [0.25, 0.3) is 0 Å². The zero-order valence-electron chi connectivity index (χ0n) is 42.2. The van der Waals surface area contributed by atoms with Crippen molar-refractivity contribution in [1.29, 1.82) is 0 Å². The van der Waals surface area contributed by atoms with E-state index in [0.717, 1.165) is 32.1 Å². The zero-order valence-corrected chi connectivity index (χ0v) is 42.2. The molecule has 0 bridgehead atoms. The molecular weight excluding hydrogens is 765 g/mol. The van der Waals surface area contributed by atoms with E-state index in [0.29, 0.717) is 26.1 Å². The van der Waals surface area contributed by atoms with E-state index in [-0.39, 0.29) is 18.5 Å². The van der Waals surface area contributed by atoms with E-state index in [4.69, 9.17) is 14.2 Å². The SMILES string of the molecule is CCCCCCCC/C=C\CCCCCCCCCCCC(=O)OCC(COCCCCCCCCCCCC)OC(=O)CCCCCCCCC/C=C\CCCCCCCC. The van der Waals surface area contributed by atoms with Gasteiger partial charge in [-0.1, -0.05) is 244 Å². The quantitative estimate of drug-likeness (QED) is 0.0346. The van der Waals surface area contributed by atoms with Crippen LogP contribution in [-0.2, 0) is 23.8 Å². The first kappa shape index (κ1) is 60.4. The van der Waals surface area contributed by atoms with E-state index < -0.39 is 6.10 Å². The Labute approximate surface area is 387 Å². The largest absolute Gasteiger partial charge is 0.462 e. The molecule has 0 heterocycles. The molecule has 0 aromatic carbocycles. The standard InChI is InChI=1S/C57H108O5/c1-4-7-10-13-16-19-22-24-26-28-29-31-32-34-36-38-41-44-47-50-56(58)61-54-55(53-60-52-49-46-43-40-21-18-15-12-9-6-3)62-57(59)51-48-45-42-39-37-35-33-30-27-25-23-20-17-14-11-8-5-2/h24-27,55H,4-23,28-54H2,1-3H3/b26-24-,27-25-. The Hall–Kier alpha value is -1.62. The van der Waals surface area contributed by atoms with Crippen LogP contribution in [0.15, 0.2) is 24.3 Å². The van der Waals surface area contributed by atoms with Crippen molar-refractivity contribution < 1.29 is 23.8 Å². The lowest BCUT2D eigenvalue weighted by Crippen LogP contribution is -2.30. The summed E-state index contributed by atoms with van der Waals surface area (Å²) in [5.41, 5.74) is 0. The van der Waals surface area contributed by atoms with Crippen molar-refractivity contribution in [3.8, 4) is 0 Å². The molecule has 5 heteroatoms. The predicted molar refractivity (Wildman–Crippen MR) is 270 cm³/mol. The van der Waals surface area contributed by atoms with E-state index in [1.165, 1.54) is 238 Å². The Morgan fingerprint density at radius 3 is 0.984 bits per heavy atom. The fourth-order valence-electron chi connectivity index (χ4n) is 8.27. The Balaban J connectivity index is 4.16. The van der Waals surface area contributed by atoms with Gasteiger partial charge in [-0.2, -0.15) is 0 Å². The van der Waals surface area contributed by atoms with Gasteiger partial charge in [0.1, 0.15) is 6.61 Å². The molecule has 0 fully saturated rings. The van der Waals surface area contributed by atoms with Crippen molar-refractivity contribution in [3.05, 3.63) is 24.3 Å². The van der Waals surface area contributed by atoms with Crippen LogP contribution in [0.2, 0.25) is 0 Å². The van der Waals surface area contributed by atoms with Crippen LogP contribution in [0.25, 0.3) is 0 Å². The van der Waals surface area contributed by atoms with Gasteiger partial charge >= 0.3 is 11.9 Å². The number of rotatable bonds is 52. The lowest BCUT2D eigenvalue weighted by Gasteiger charge is -2.18. The van der Waals surface area contributed by atoms with Crippen molar-refractivity contribution in [3.63, 3.8) is 0 Å². The third-order valence-corrected chi connectivity index (χ3v) is 12.5. The molecule has 0 N–H and O–H groups in total. The van der Waals surface area contributed by atoms with Crippen molar-refractivity contribution in [2.45, 2.75) is 309 Å². The molecule has 0 saturated carbocycles. The molecule has 0 saturated heterocycles. The summed E-state index contributed by atoms with van der Waals surface area (Å²) in [6, 6.07) is 0. The number of allylic oxidation sites excluding steroid dienone is 4. The molecule has 0 spiro atoms. The van der Waals surface area contributed by atoms with Crippen LogP contribution in [0.4, 0.5) is 0 Å². The minimum atomic E-state index is -0.532. The van der Waals surface area contributed by atoms with Gasteiger partial charge in [-0.15, -0.1) is 0 Å². The van der Waals surface area contributed by atoms with Gasteiger partial charge in [-0.25, -0.2) is 0 Å². The van der Waals surface area contributed by atoms with Crippen molar-refractivity contribution >= 4 is 11.9 Å². The number of hydrogen-bond donors (Lipinski definition) is 0. The first-order valence-electron chi connectivity index (χ1n) is 27.9. The number of hydrogen-bond acceptors (Lipinski definition) is 5. The molecule has 0 rings (SSSR count). The highest BCUT2D eigenvalue weighted by molar-refractivity contribution is 5.70. The van der Waals surface area contributed by atoms with E-state index in [1.807, 2.05) is 0 Å². The van der Waals surface area contributed by atoms with Crippen LogP contribution in [0.5, 0.6) is 0 Å². The average Bonchev–Trinajstić information content (AvgIpc) is 3.27. The number of esters is 2. The second-order valence-corrected chi connectivity index (χ2v) is 18.8. The van der Waals surface area contributed by atoms with Crippen LogP contribution in [0.3, 0.4) is 0 Å². The summed E-state index contributed by atoms with van der Waals surface area (Å²) in [5, 5.41) is 0. The number of ether oxygens (including phenoxy) is 3. The van der Waals surface area contributed by atoms with Crippen LogP contribution in [0.1, 0.15) is 303 Å². The molecular formula is C57H108O5. The van der Waals surface area contributed by atoms with Crippen LogP contribution in [0, 0.1) is 0 Å². The Kier molecular flexibility index (Phi) is 52.3. The average molecular weight is 873 g/mol. The molecule has 366 valence electrons. The lowest BCUT2D eigenvalue weighted by atomic mass is 10.1. The predicted octanol–water partition coefficient (Wildman–Crippen LogP) is 18.8. The first-order valence-corrected chi connectivity index (χ1v) is 27.9. The highest BCUT2D eigenvalue weighted by Crippen LogP contribution is 2.16. The first-order chi connectivity index (χ1) is 30.6. The summed E-state index contributed by atoms with van der Waals surface area (Å²) in [7, 11) is 0. The zero-order chi connectivity index (χ0) is 44.9. The Morgan fingerprint density at radius 2 is 0.629 bits per heavy atom. The molecule has 0 aromatic rings. The minimum Gasteiger partial charge on any atom is -0.462 e. The molecule has 0 aliphatic heterocycles. The third-order valence-electron chi connectivity index (χ3n) is 12.5. The van der Waals surface area contributed by atoms with E-state index in [2.05, 4.69) is 45.1 Å². The second kappa shape index (κ2) is 53.7. The maximum atomic E-state index is 12.8. The van der Waals surface area contributed by atoms with Crippen LogP contribution >= 0.6 is 0 Å². The van der Waals surface area contributed by atoms with Gasteiger partial charge in [-0.3, -0.25) is 9.59 Å². The van der Waals surface area contributed by atoms with Gasteiger partial charge in [-0.05, 0) is 70.6 Å². The maximum Gasteiger partial charge on any atom is 0.306 e. The summed E-state index contributed by atoms with van der Waals surface area (Å²) in [4.78, 5) is 25.4.